The third kappa shape index (κ3) is 2.98. The Balaban J connectivity index is 2.18. The van der Waals surface area contributed by atoms with E-state index in [1.54, 1.807) is 21.4 Å². The van der Waals surface area contributed by atoms with Gasteiger partial charge in [0, 0.05) is 31.9 Å². The number of imidazole rings is 1. The summed E-state index contributed by atoms with van der Waals surface area (Å²) < 4.78 is 28.4. The van der Waals surface area contributed by atoms with Crippen molar-refractivity contribution in [3.05, 3.63) is 12.5 Å². The molecule has 1 unspecified atom stereocenters. The van der Waals surface area contributed by atoms with Crippen LogP contribution in [-0.4, -0.2) is 46.6 Å². The first-order chi connectivity index (χ1) is 9.09. The molecule has 6 nitrogen and oxygen atoms in total. The lowest BCUT2D eigenvalue weighted by Gasteiger charge is -2.22. The van der Waals surface area contributed by atoms with Crippen molar-refractivity contribution in [2.45, 2.75) is 50.2 Å². The topological polar surface area (TPSA) is 75.4 Å². The summed E-state index contributed by atoms with van der Waals surface area (Å²) in [5.74, 6) is 0. The summed E-state index contributed by atoms with van der Waals surface area (Å²) in [5, 5.41) is 9.01. The molecule has 1 aliphatic rings. The van der Waals surface area contributed by atoms with E-state index in [2.05, 4.69) is 4.98 Å². The molecule has 0 bridgehead atoms. The van der Waals surface area contributed by atoms with Gasteiger partial charge in [-0.3, -0.25) is 0 Å². The molecule has 1 N–H and O–H groups in total. The van der Waals surface area contributed by atoms with E-state index in [1.165, 1.54) is 0 Å². The first-order valence-corrected chi connectivity index (χ1v) is 8.18. The number of rotatable bonds is 6. The second kappa shape index (κ2) is 6.02. The minimum absolute atomic E-state index is 0.00364. The Bertz CT molecular complexity index is 512. The number of aliphatic hydroxyl groups excluding tert-OH is 1. The van der Waals surface area contributed by atoms with Crippen molar-refractivity contribution in [1.82, 2.24) is 13.9 Å². The molecule has 1 atom stereocenters. The molecule has 0 spiro atoms. The van der Waals surface area contributed by atoms with Gasteiger partial charge in [-0.1, -0.05) is 0 Å². The highest BCUT2D eigenvalue weighted by molar-refractivity contribution is 7.89. The van der Waals surface area contributed by atoms with Crippen molar-refractivity contribution < 1.29 is 13.5 Å². The van der Waals surface area contributed by atoms with Gasteiger partial charge in [0.25, 0.3) is 10.0 Å². The maximum Gasteiger partial charge on any atom is 0.262 e. The highest BCUT2D eigenvalue weighted by Gasteiger charge is 2.36. The zero-order valence-corrected chi connectivity index (χ0v) is 12.0. The van der Waals surface area contributed by atoms with Gasteiger partial charge < -0.3 is 9.67 Å². The molecule has 108 valence electrons. The van der Waals surface area contributed by atoms with E-state index in [9.17, 15) is 8.42 Å². The average molecular weight is 287 g/mol. The van der Waals surface area contributed by atoms with Crippen LogP contribution in [0.5, 0.6) is 0 Å². The summed E-state index contributed by atoms with van der Waals surface area (Å²) in [4.78, 5) is 4.00. The Kier molecular flexibility index (Phi) is 4.59. The minimum Gasteiger partial charge on any atom is -0.396 e. The van der Waals surface area contributed by atoms with Crippen LogP contribution in [0, 0.1) is 0 Å². The van der Waals surface area contributed by atoms with Gasteiger partial charge in [-0.05, 0) is 32.6 Å². The number of sulfonamides is 1. The van der Waals surface area contributed by atoms with Crippen molar-refractivity contribution in [2.75, 3.05) is 13.2 Å². The molecule has 2 rings (SSSR count). The third-order valence-corrected chi connectivity index (χ3v) is 5.40. The van der Waals surface area contributed by atoms with Crippen LogP contribution in [0.25, 0.3) is 0 Å². The highest BCUT2D eigenvalue weighted by atomic mass is 32.2. The molecule has 1 aromatic rings. The van der Waals surface area contributed by atoms with E-state index in [1.807, 2.05) is 6.92 Å². The fraction of sp³-hybridized carbons (Fsp3) is 0.750. The SMILES string of the molecule is CCn1cnc(S(=O)(=O)N2CCCC2CCCO)c1. The molecular weight excluding hydrogens is 266 g/mol. The summed E-state index contributed by atoms with van der Waals surface area (Å²) in [6.45, 7) is 3.31. The molecular formula is C12H21N3O3S. The van der Waals surface area contributed by atoms with E-state index in [0.29, 0.717) is 25.9 Å². The van der Waals surface area contributed by atoms with Gasteiger partial charge in [0.05, 0.1) is 6.33 Å². The van der Waals surface area contributed by atoms with E-state index < -0.39 is 10.0 Å². The van der Waals surface area contributed by atoms with Gasteiger partial charge >= 0.3 is 0 Å². The highest BCUT2D eigenvalue weighted by Crippen LogP contribution is 2.27. The van der Waals surface area contributed by atoms with Crippen LogP contribution in [0.15, 0.2) is 17.6 Å². The Labute approximate surface area is 114 Å². The molecule has 0 radical (unpaired) electrons. The van der Waals surface area contributed by atoms with Crippen LogP contribution >= 0.6 is 0 Å². The molecule has 1 fully saturated rings. The third-order valence-electron chi connectivity index (χ3n) is 3.57. The van der Waals surface area contributed by atoms with Gasteiger partial charge in [0.2, 0.25) is 0 Å². The lowest BCUT2D eigenvalue weighted by molar-refractivity contribution is 0.264. The molecule has 7 heteroatoms. The second-order valence-corrected chi connectivity index (χ2v) is 6.66. The quantitative estimate of drug-likeness (QED) is 0.841. The minimum atomic E-state index is -3.49. The maximum atomic E-state index is 12.5. The zero-order chi connectivity index (χ0) is 13.9. The van der Waals surface area contributed by atoms with Crippen LogP contribution in [-0.2, 0) is 16.6 Å². The molecule has 1 saturated heterocycles. The van der Waals surface area contributed by atoms with Gasteiger partial charge in [0.1, 0.15) is 0 Å². The van der Waals surface area contributed by atoms with Gasteiger partial charge in [-0.15, -0.1) is 0 Å². The number of hydrogen-bond donors (Lipinski definition) is 1. The number of aliphatic hydroxyl groups is 1. The molecule has 0 aromatic carbocycles. The van der Waals surface area contributed by atoms with E-state index in [0.717, 1.165) is 12.8 Å². The van der Waals surface area contributed by atoms with Crippen molar-refractivity contribution in [3.8, 4) is 0 Å². The molecule has 1 aliphatic heterocycles. The predicted octanol–water partition coefficient (Wildman–Crippen LogP) is 0.829. The van der Waals surface area contributed by atoms with Crippen molar-refractivity contribution >= 4 is 10.0 Å². The molecule has 0 saturated carbocycles. The molecule has 2 heterocycles. The Morgan fingerprint density at radius 1 is 1.53 bits per heavy atom. The number of aryl methyl sites for hydroxylation is 1. The van der Waals surface area contributed by atoms with Gasteiger partial charge in [-0.25, -0.2) is 13.4 Å². The standard InChI is InChI=1S/C12H21N3O3S/c1-2-14-9-12(13-10-14)19(17,18)15-7-3-5-11(15)6-4-8-16/h9-11,16H,2-8H2,1H3. The lowest BCUT2D eigenvalue weighted by Crippen LogP contribution is -2.35. The van der Waals surface area contributed by atoms with Gasteiger partial charge in [-0.2, -0.15) is 4.31 Å². The van der Waals surface area contributed by atoms with Crippen LogP contribution in [0.2, 0.25) is 0 Å². The van der Waals surface area contributed by atoms with Crippen LogP contribution in [0.4, 0.5) is 0 Å². The van der Waals surface area contributed by atoms with Crippen LogP contribution in [0.3, 0.4) is 0 Å². The molecule has 0 aliphatic carbocycles. The number of nitrogens with zero attached hydrogens (tertiary/aromatic N) is 3. The number of hydrogen-bond acceptors (Lipinski definition) is 4. The molecule has 19 heavy (non-hydrogen) atoms. The summed E-state index contributed by atoms with van der Waals surface area (Å²) in [5.41, 5.74) is 0. The number of aromatic nitrogens is 2. The Hall–Kier alpha value is -0.920. The summed E-state index contributed by atoms with van der Waals surface area (Å²) in [6.07, 6.45) is 6.23. The summed E-state index contributed by atoms with van der Waals surface area (Å²) in [7, 11) is -3.49. The van der Waals surface area contributed by atoms with Crippen LogP contribution < -0.4 is 0 Å². The van der Waals surface area contributed by atoms with E-state index in [-0.39, 0.29) is 17.7 Å². The van der Waals surface area contributed by atoms with Crippen LogP contribution in [0.1, 0.15) is 32.6 Å². The van der Waals surface area contributed by atoms with Crippen molar-refractivity contribution in [1.29, 1.82) is 0 Å². The zero-order valence-electron chi connectivity index (χ0n) is 11.2. The fourth-order valence-electron chi connectivity index (χ4n) is 2.51. The largest absolute Gasteiger partial charge is 0.396 e. The maximum absolute atomic E-state index is 12.5. The molecule has 0 amide bonds. The van der Waals surface area contributed by atoms with Gasteiger partial charge in [0.15, 0.2) is 5.03 Å². The Morgan fingerprint density at radius 2 is 2.32 bits per heavy atom. The van der Waals surface area contributed by atoms with E-state index >= 15 is 0 Å². The average Bonchev–Trinajstić information content (AvgIpc) is 3.05. The van der Waals surface area contributed by atoms with Crippen molar-refractivity contribution in [3.63, 3.8) is 0 Å². The monoisotopic (exact) mass is 287 g/mol. The smallest absolute Gasteiger partial charge is 0.262 e. The van der Waals surface area contributed by atoms with Crippen molar-refractivity contribution in [2.24, 2.45) is 0 Å². The molecule has 1 aromatic heterocycles. The summed E-state index contributed by atoms with van der Waals surface area (Å²) in [6, 6.07) is 0.00364. The fourth-order valence-corrected chi connectivity index (χ4v) is 4.17. The lowest BCUT2D eigenvalue weighted by atomic mass is 10.1. The van der Waals surface area contributed by atoms with E-state index in [4.69, 9.17) is 5.11 Å². The Morgan fingerprint density at radius 3 is 2.95 bits per heavy atom. The summed E-state index contributed by atoms with van der Waals surface area (Å²) >= 11 is 0. The first-order valence-electron chi connectivity index (χ1n) is 6.74. The predicted molar refractivity (Wildman–Crippen MR) is 71.1 cm³/mol. The first kappa shape index (κ1) is 14.5. The second-order valence-electron chi connectivity index (χ2n) is 4.82. The normalized spacial score (nSPS) is 21.1.